The van der Waals surface area contributed by atoms with Gasteiger partial charge in [0.2, 0.25) is 0 Å². The summed E-state index contributed by atoms with van der Waals surface area (Å²) in [5, 5.41) is 11.2. The van der Waals surface area contributed by atoms with Crippen LogP contribution < -0.4 is 0 Å². The molecule has 0 aromatic rings. The topological polar surface area (TPSA) is 35.8 Å². The molecule has 0 aromatic heterocycles. The normalized spacial score (nSPS) is 24.5. The van der Waals surface area contributed by atoms with Gasteiger partial charge in [0.25, 0.3) is 0 Å². The van der Waals surface area contributed by atoms with E-state index in [1.54, 1.807) is 0 Å². The van der Waals surface area contributed by atoms with Crippen LogP contribution in [0.1, 0.15) is 0 Å². The molecule has 0 aromatic carbocycles. The summed E-state index contributed by atoms with van der Waals surface area (Å²) in [4.78, 5) is 1.94. The first-order chi connectivity index (χ1) is 4.84. The van der Waals surface area contributed by atoms with Gasteiger partial charge in [-0.15, -0.1) is 0 Å². The van der Waals surface area contributed by atoms with Crippen LogP contribution in [-0.4, -0.2) is 29.4 Å². The number of hydrogen-bond donors (Lipinski definition) is 1. The number of oxime groups is 1. The summed E-state index contributed by atoms with van der Waals surface area (Å²) >= 11 is 0. The van der Waals surface area contributed by atoms with Gasteiger partial charge in [-0.2, -0.15) is 0 Å². The van der Waals surface area contributed by atoms with E-state index in [9.17, 15) is 0 Å². The molecule has 0 aliphatic carbocycles. The fourth-order valence-corrected chi connectivity index (χ4v) is 0.822. The lowest BCUT2D eigenvalue weighted by atomic mass is 10.2. The van der Waals surface area contributed by atoms with Crippen molar-refractivity contribution in [3.63, 3.8) is 0 Å². The van der Waals surface area contributed by atoms with Crippen molar-refractivity contribution in [2.24, 2.45) is 5.16 Å². The van der Waals surface area contributed by atoms with Crippen LogP contribution in [0.3, 0.4) is 0 Å². The van der Waals surface area contributed by atoms with Crippen molar-refractivity contribution >= 4 is 6.21 Å². The number of rotatable bonds is 1. The predicted molar refractivity (Wildman–Crippen MR) is 40.1 cm³/mol. The summed E-state index contributed by atoms with van der Waals surface area (Å²) in [6.07, 6.45) is 9.19. The quantitative estimate of drug-likeness (QED) is 0.331. The Balaban J connectivity index is 2.61. The second-order valence-electron chi connectivity index (χ2n) is 2.15. The van der Waals surface area contributed by atoms with Crippen LogP contribution >= 0.6 is 0 Å². The van der Waals surface area contributed by atoms with Gasteiger partial charge in [-0.3, -0.25) is 0 Å². The van der Waals surface area contributed by atoms with Gasteiger partial charge in [0, 0.05) is 7.05 Å². The van der Waals surface area contributed by atoms with Gasteiger partial charge in [0.05, 0.1) is 12.3 Å². The van der Waals surface area contributed by atoms with E-state index in [1.165, 1.54) is 6.21 Å². The van der Waals surface area contributed by atoms with Crippen molar-refractivity contribution < 1.29 is 5.21 Å². The van der Waals surface area contributed by atoms with Crippen LogP contribution in [0.15, 0.2) is 29.6 Å². The molecule has 1 atom stereocenters. The molecule has 1 N–H and O–H groups in total. The fraction of sp³-hybridized carbons (Fsp3) is 0.286. The van der Waals surface area contributed by atoms with Crippen LogP contribution in [0.25, 0.3) is 0 Å². The van der Waals surface area contributed by atoms with Crippen LogP contribution in [0.4, 0.5) is 0 Å². The number of likely N-dealkylation sites (N-methyl/N-ethyl adjacent to an activating group) is 1. The summed E-state index contributed by atoms with van der Waals surface area (Å²) < 4.78 is 0. The minimum Gasteiger partial charge on any atom is -0.411 e. The molecule has 10 heavy (non-hydrogen) atoms. The Labute approximate surface area is 59.9 Å². The lowest BCUT2D eigenvalue weighted by Gasteiger charge is -2.21. The maximum absolute atomic E-state index is 8.22. The molecule has 0 radical (unpaired) electrons. The van der Waals surface area contributed by atoms with Crippen molar-refractivity contribution in [1.29, 1.82) is 0 Å². The highest BCUT2D eigenvalue weighted by Crippen LogP contribution is 2.02. The first-order valence-electron chi connectivity index (χ1n) is 3.09. The Morgan fingerprint density at radius 1 is 1.60 bits per heavy atom. The fourth-order valence-electron chi connectivity index (χ4n) is 0.822. The van der Waals surface area contributed by atoms with E-state index in [2.05, 4.69) is 5.16 Å². The van der Waals surface area contributed by atoms with Gasteiger partial charge < -0.3 is 10.1 Å². The first kappa shape index (κ1) is 6.86. The van der Waals surface area contributed by atoms with Crippen molar-refractivity contribution in [2.75, 3.05) is 7.05 Å². The zero-order chi connectivity index (χ0) is 7.40. The third-order valence-electron chi connectivity index (χ3n) is 1.43. The highest BCUT2D eigenvalue weighted by molar-refractivity contribution is 5.67. The van der Waals surface area contributed by atoms with Crippen LogP contribution in [0, 0.1) is 0 Å². The number of allylic oxidation sites excluding steroid dienone is 2. The molecule has 54 valence electrons. The molecular weight excluding hydrogens is 128 g/mol. The largest absolute Gasteiger partial charge is 0.411 e. The van der Waals surface area contributed by atoms with Crippen molar-refractivity contribution in [3.05, 3.63) is 24.4 Å². The third kappa shape index (κ3) is 1.37. The predicted octanol–water partition coefficient (Wildman–Crippen LogP) is 0.830. The molecule has 0 saturated carbocycles. The van der Waals surface area contributed by atoms with E-state index in [1.807, 2.05) is 36.4 Å². The van der Waals surface area contributed by atoms with Crippen LogP contribution in [-0.2, 0) is 0 Å². The van der Waals surface area contributed by atoms with Crippen molar-refractivity contribution in [2.45, 2.75) is 6.04 Å². The number of hydrogen-bond acceptors (Lipinski definition) is 3. The summed E-state index contributed by atoms with van der Waals surface area (Å²) in [6.45, 7) is 0. The second-order valence-corrected chi connectivity index (χ2v) is 2.15. The highest BCUT2D eigenvalue weighted by Gasteiger charge is 2.05. The first-order valence-corrected chi connectivity index (χ1v) is 3.09. The molecule has 0 amide bonds. The van der Waals surface area contributed by atoms with E-state index in [0.29, 0.717) is 0 Å². The van der Waals surface area contributed by atoms with E-state index in [0.717, 1.165) is 0 Å². The molecule has 3 heteroatoms. The van der Waals surface area contributed by atoms with E-state index >= 15 is 0 Å². The lowest BCUT2D eigenvalue weighted by molar-refractivity contribution is 0.316. The Hall–Kier alpha value is -1.25. The molecule has 1 rings (SSSR count). The summed E-state index contributed by atoms with van der Waals surface area (Å²) in [5.41, 5.74) is 0. The molecule has 0 spiro atoms. The van der Waals surface area contributed by atoms with E-state index in [-0.39, 0.29) is 6.04 Å². The zero-order valence-electron chi connectivity index (χ0n) is 5.81. The maximum Gasteiger partial charge on any atom is 0.0855 e. The Kier molecular flexibility index (Phi) is 2.10. The molecule has 0 fully saturated rings. The minimum atomic E-state index is 0.0926. The van der Waals surface area contributed by atoms with E-state index < -0.39 is 0 Å². The van der Waals surface area contributed by atoms with E-state index in [4.69, 9.17) is 5.21 Å². The molecular formula is C7H10N2O. The summed E-state index contributed by atoms with van der Waals surface area (Å²) in [7, 11) is 1.92. The van der Waals surface area contributed by atoms with Gasteiger partial charge in [0.15, 0.2) is 0 Å². The number of nitrogens with zero attached hydrogens (tertiary/aromatic N) is 2. The van der Waals surface area contributed by atoms with Crippen LogP contribution in [0.2, 0.25) is 0 Å². The highest BCUT2D eigenvalue weighted by atomic mass is 16.4. The Bertz CT molecular complexity index is 184. The Morgan fingerprint density at radius 3 is 3.00 bits per heavy atom. The molecule has 1 aliphatic rings. The third-order valence-corrected chi connectivity index (χ3v) is 1.43. The smallest absolute Gasteiger partial charge is 0.0855 e. The zero-order valence-corrected chi connectivity index (χ0v) is 5.81. The average molecular weight is 138 g/mol. The van der Waals surface area contributed by atoms with Crippen molar-refractivity contribution in [1.82, 2.24) is 4.90 Å². The van der Waals surface area contributed by atoms with Gasteiger partial charge in [-0.25, -0.2) is 0 Å². The molecule has 1 unspecified atom stereocenters. The summed E-state index contributed by atoms with van der Waals surface area (Å²) in [6, 6.07) is 0.0926. The monoisotopic (exact) mass is 138 g/mol. The summed E-state index contributed by atoms with van der Waals surface area (Å²) in [5.74, 6) is 0. The maximum atomic E-state index is 8.22. The SMILES string of the molecule is CN1C=CC=CC1/C=N/O. The molecule has 0 bridgehead atoms. The molecule has 3 nitrogen and oxygen atoms in total. The molecule has 0 saturated heterocycles. The molecule has 1 heterocycles. The van der Waals surface area contributed by atoms with Gasteiger partial charge in [0.1, 0.15) is 0 Å². The standard InChI is InChI=1S/C7H10N2O/c1-9-5-3-2-4-7(9)6-8-10/h2-7,10H,1H3/b8-6+. The average Bonchev–Trinajstić information content (AvgIpc) is 1.94. The van der Waals surface area contributed by atoms with Gasteiger partial charge >= 0.3 is 0 Å². The van der Waals surface area contributed by atoms with Crippen molar-refractivity contribution in [3.8, 4) is 0 Å². The minimum absolute atomic E-state index is 0.0926. The Morgan fingerprint density at radius 2 is 2.40 bits per heavy atom. The van der Waals surface area contributed by atoms with Gasteiger partial charge in [-0.1, -0.05) is 17.3 Å². The second kappa shape index (κ2) is 3.06. The molecule has 1 aliphatic heterocycles. The van der Waals surface area contributed by atoms with Gasteiger partial charge in [-0.05, 0) is 12.3 Å². The van der Waals surface area contributed by atoms with Crippen LogP contribution in [0.5, 0.6) is 0 Å². The lowest BCUT2D eigenvalue weighted by Crippen LogP contribution is -2.27.